The second kappa shape index (κ2) is 8.45. The molecule has 0 aliphatic carbocycles. The number of hydrogen-bond acceptors (Lipinski definition) is 1. The van der Waals surface area contributed by atoms with Crippen molar-refractivity contribution in [2.24, 2.45) is 0 Å². The predicted octanol–water partition coefficient (Wildman–Crippen LogP) is 2.52. The minimum absolute atomic E-state index is 0.0537. The summed E-state index contributed by atoms with van der Waals surface area (Å²) in [6, 6.07) is 12.8. The van der Waals surface area contributed by atoms with Crippen LogP contribution in [0.4, 0.5) is 4.39 Å². The molecule has 2 aromatic carbocycles. The average molecular weight is 362 g/mol. The van der Waals surface area contributed by atoms with Crippen molar-refractivity contribution in [1.82, 2.24) is 5.32 Å². The largest absolute Gasteiger partial charge is 0.352 e. The van der Waals surface area contributed by atoms with Crippen LogP contribution in [-0.2, 0) is 24.3 Å². The van der Waals surface area contributed by atoms with E-state index in [-0.39, 0.29) is 22.9 Å². The smallest absolute Gasteiger partial charge is 0.224 e. The van der Waals surface area contributed by atoms with Crippen LogP contribution in [0.25, 0.3) is 0 Å². The number of nitrogens with one attached hydrogen (secondary N) is 2. The van der Waals surface area contributed by atoms with Crippen LogP contribution in [0.1, 0.15) is 29.5 Å². The Morgan fingerprint density at radius 1 is 1.08 bits per heavy atom. The van der Waals surface area contributed by atoms with Gasteiger partial charge in [0.05, 0.1) is 19.5 Å². The van der Waals surface area contributed by atoms with Gasteiger partial charge in [0, 0.05) is 35.5 Å². The zero-order chi connectivity index (χ0) is 17.6. The van der Waals surface area contributed by atoms with Crippen LogP contribution in [0, 0.1) is 5.82 Å². The molecule has 1 heterocycles. The third kappa shape index (κ3) is 5.03. The van der Waals surface area contributed by atoms with Crippen molar-refractivity contribution in [3.63, 3.8) is 0 Å². The van der Waals surface area contributed by atoms with E-state index >= 15 is 0 Å². The summed E-state index contributed by atoms with van der Waals surface area (Å²) in [5, 5.41) is 3.11. The monoisotopic (exact) mass is 361 g/mol. The van der Waals surface area contributed by atoms with Gasteiger partial charge in [-0.2, -0.15) is 0 Å². The lowest BCUT2D eigenvalue weighted by molar-refractivity contribution is -0.901. The molecule has 0 radical (unpaired) electrons. The van der Waals surface area contributed by atoms with Crippen LogP contribution in [-0.4, -0.2) is 19.0 Å². The standard InChI is InChI=1S/C20H22ClFN2O/c21-18-4-3-5-19(22)17(18)12-20(25)23-13-15-6-8-16(9-7-15)14-24-10-1-2-11-24/h3-9H,1-2,10-14H2,(H,23,25)/p+1. The van der Waals surface area contributed by atoms with Gasteiger partial charge in [-0.3, -0.25) is 4.79 Å². The number of benzene rings is 2. The third-order valence-electron chi connectivity index (χ3n) is 4.68. The molecular weight excluding hydrogens is 339 g/mol. The van der Waals surface area contributed by atoms with Crippen molar-refractivity contribution >= 4 is 17.5 Å². The molecule has 1 saturated heterocycles. The van der Waals surface area contributed by atoms with Crippen molar-refractivity contribution in [2.45, 2.75) is 32.4 Å². The topological polar surface area (TPSA) is 33.5 Å². The fraction of sp³-hybridized carbons (Fsp3) is 0.350. The molecule has 2 N–H and O–H groups in total. The molecule has 3 nitrogen and oxygen atoms in total. The maximum atomic E-state index is 13.7. The van der Waals surface area contributed by atoms with Crippen LogP contribution < -0.4 is 10.2 Å². The van der Waals surface area contributed by atoms with E-state index in [0.29, 0.717) is 6.54 Å². The Bertz CT molecular complexity index is 707. The summed E-state index contributed by atoms with van der Waals surface area (Å²) >= 11 is 5.96. The second-order valence-electron chi connectivity index (χ2n) is 6.60. The summed E-state index contributed by atoms with van der Waals surface area (Å²) in [5.41, 5.74) is 2.60. The molecule has 0 aromatic heterocycles. The number of amides is 1. The van der Waals surface area contributed by atoms with E-state index in [1.165, 1.54) is 43.6 Å². The lowest BCUT2D eigenvalue weighted by Crippen LogP contribution is -3.08. The molecule has 0 atom stereocenters. The number of likely N-dealkylation sites (tertiary alicyclic amines) is 1. The van der Waals surface area contributed by atoms with Gasteiger partial charge in [0.2, 0.25) is 5.91 Å². The van der Waals surface area contributed by atoms with Crippen LogP contribution in [0.2, 0.25) is 5.02 Å². The fourth-order valence-electron chi connectivity index (χ4n) is 3.24. The maximum Gasteiger partial charge on any atom is 0.224 e. The van der Waals surface area contributed by atoms with Gasteiger partial charge in [-0.05, 0) is 17.7 Å². The van der Waals surface area contributed by atoms with Crippen molar-refractivity contribution in [3.8, 4) is 0 Å². The summed E-state index contributed by atoms with van der Waals surface area (Å²) in [7, 11) is 0. The maximum absolute atomic E-state index is 13.7. The second-order valence-corrected chi connectivity index (χ2v) is 7.01. The molecule has 5 heteroatoms. The first-order valence-corrected chi connectivity index (χ1v) is 9.10. The molecule has 1 aliphatic heterocycles. The lowest BCUT2D eigenvalue weighted by atomic mass is 10.1. The van der Waals surface area contributed by atoms with Gasteiger partial charge in [0.15, 0.2) is 0 Å². The Morgan fingerprint density at radius 3 is 2.44 bits per heavy atom. The molecule has 1 amide bonds. The van der Waals surface area contributed by atoms with E-state index in [1.807, 2.05) is 12.1 Å². The zero-order valence-electron chi connectivity index (χ0n) is 14.2. The Balaban J connectivity index is 1.50. The molecular formula is C20H23ClFN2O+. The normalized spacial score (nSPS) is 14.6. The van der Waals surface area contributed by atoms with Gasteiger partial charge >= 0.3 is 0 Å². The molecule has 1 aliphatic rings. The van der Waals surface area contributed by atoms with Gasteiger partial charge in [-0.25, -0.2) is 4.39 Å². The van der Waals surface area contributed by atoms with Gasteiger partial charge in [-0.15, -0.1) is 0 Å². The highest BCUT2D eigenvalue weighted by atomic mass is 35.5. The number of halogens is 2. The minimum Gasteiger partial charge on any atom is -0.352 e. The molecule has 1 fully saturated rings. The van der Waals surface area contributed by atoms with Crippen LogP contribution in [0.15, 0.2) is 42.5 Å². The summed E-state index contributed by atoms with van der Waals surface area (Å²) in [6.45, 7) is 4.02. The van der Waals surface area contributed by atoms with Gasteiger partial charge < -0.3 is 10.2 Å². The molecule has 2 aromatic rings. The SMILES string of the molecule is O=C(Cc1c(F)cccc1Cl)NCc1ccc(C[NH+]2CCCC2)cc1. The van der Waals surface area contributed by atoms with Crippen LogP contribution in [0.5, 0.6) is 0 Å². The van der Waals surface area contributed by atoms with Crippen molar-refractivity contribution < 1.29 is 14.1 Å². The highest BCUT2D eigenvalue weighted by molar-refractivity contribution is 6.31. The number of rotatable bonds is 6. The first-order chi connectivity index (χ1) is 12.1. The summed E-state index contributed by atoms with van der Waals surface area (Å²) in [6.07, 6.45) is 2.60. The van der Waals surface area contributed by atoms with E-state index in [0.717, 1.165) is 12.1 Å². The molecule has 25 heavy (non-hydrogen) atoms. The Labute approximate surface area is 152 Å². The van der Waals surface area contributed by atoms with Gasteiger partial charge in [-0.1, -0.05) is 41.9 Å². The zero-order valence-corrected chi connectivity index (χ0v) is 14.9. The molecule has 0 bridgehead atoms. The molecule has 132 valence electrons. The van der Waals surface area contributed by atoms with E-state index in [1.54, 1.807) is 11.0 Å². The molecule has 0 unspecified atom stereocenters. The van der Waals surface area contributed by atoms with Crippen molar-refractivity contribution in [2.75, 3.05) is 13.1 Å². The predicted molar refractivity (Wildman–Crippen MR) is 97.0 cm³/mol. The Hall–Kier alpha value is -1.91. The van der Waals surface area contributed by atoms with E-state index < -0.39 is 5.82 Å². The molecule has 0 spiro atoms. The average Bonchev–Trinajstić information content (AvgIpc) is 3.11. The number of hydrogen-bond donors (Lipinski definition) is 2. The minimum atomic E-state index is -0.448. The van der Waals surface area contributed by atoms with E-state index in [9.17, 15) is 9.18 Å². The lowest BCUT2D eigenvalue weighted by Gasteiger charge is -2.12. The van der Waals surface area contributed by atoms with E-state index in [2.05, 4.69) is 17.4 Å². The van der Waals surface area contributed by atoms with Crippen molar-refractivity contribution in [3.05, 3.63) is 70.0 Å². The number of carbonyl (C=O) groups excluding carboxylic acids is 1. The summed E-state index contributed by atoms with van der Waals surface area (Å²) in [5.74, 6) is -0.686. The van der Waals surface area contributed by atoms with Gasteiger partial charge in [0.1, 0.15) is 12.4 Å². The Morgan fingerprint density at radius 2 is 1.76 bits per heavy atom. The number of carbonyl (C=O) groups is 1. The number of quaternary nitrogens is 1. The summed E-state index contributed by atoms with van der Waals surface area (Å²) in [4.78, 5) is 13.7. The first kappa shape index (κ1) is 17.9. The first-order valence-electron chi connectivity index (χ1n) is 8.73. The van der Waals surface area contributed by atoms with Gasteiger partial charge in [0.25, 0.3) is 0 Å². The third-order valence-corrected chi connectivity index (χ3v) is 5.03. The quantitative estimate of drug-likeness (QED) is 0.814. The van der Waals surface area contributed by atoms with Crippen molar-refractivity contribution in [1.29, 1.82) is 0 Å². The molecule has 3 rings (SSSR count). The highest BCUT2D eigenvalue weighted by Crippen LogP contribution is 2.19. The van der Waals surface area contributed by atoms with Crippen LogP contribution >= 0.6 is 11.6 Å². The highest BCUT2D eigenvalue weighted by Gasteiger charge is 2.15. The molecule has 0 saturated carbocycles. The Kier molecular flexibility index (Phi) is 6.05. The summed E-state index contributed by atoms with van der Waals surface area (Å²) < 4.78 is 13.7. The van der Waals surface area contributed by atoms with Crippen LogP contribution in [0.3, 0.4) is 0 Å². The van der Waals surface area contributed by atoms with E-state index in [4.69, 9.17) is 11.6 Å². The fourth-order valence-corrected chi connectivity index (χ4v) is 3.47.